The fourth-order valence-electron chi connectivity index (χ4n) is 3.41. The SMILES string of the molecule is C/C(=N\N1CCN(Cc2cccc3ccccc23)CC1)c1ccco1. The van der Waals surface area contributed by atoms with Crippen molar-refractivity contribution in [1.29, 1.82) is 0 Å². The van der Waals surface area contributed by atoms with E-state index in [9.17, 15) is 0 Å². The van der Waals surface area contributed by atoms with E-state index in [1.165, 1.54) is 16.3 Å². The summed E-state index contributed by atoms with van der Waals surface area (Å²) in [4.78, 5) is 2.51. The highest BCUT2D eigenvalue weighted by Crippen LogP contribution is 2.20. The summed E-state index contributed by atoms with van der Waals surface area (Å²) >= 11 is 0. The Balaban J connectivity index is 1.40. The Morgan fingerprint density at radius 2 is 1.76 bits per heavy atom. The second kappa shape index (κ2) is 7.11. The molecule has 0 unspecified atom stereocenters. The van der Waals surface area contributed by atoms with Gasteiger partial charge in [-0.3, -0.25) is 9.91 Å². The topological polar surface area (TPSA) is 32.0 Å². The molecule has 0 amide bonds. The monoisotopic (exact) mass is 333 g/mol. The van der Waals surface area contributed by atoms with Crippen molar-refractivity contribution in [3.05, 3.63) is 72.2 Å². The molecule has 1 aliphatic heterocycles. The van der Waals surface area contributed by atoms with E-state index in [1.807, 2.05) is 19.1 Å². The maximum atomic E-state index is 5.41. The van der Waals surface area contributed by atoms with E-state index < -0.39 is 0 Å². The highest BCUT2D eigenvalue weighted by molar-refractivity contribution is 5.95. The number of furan rings is 1. The molecule has 2 heterocycles. The van der Waals surface area contributed by atoms with Gasteiger partial charge in [0.25, 0.3) is 0 Å². The summed E-state index contributed by atoms with van der Waals surface area (Å²) in [5, 5.41) is 9.53. The van der Waals surface area contributed by atoms with Crippen LogP contribution in [0.1, 0.15) is 18.2 Å². The van der Waals surface area contributed by atoms with Gasteiger partial charge in [-0.25, -0.2) is 0 Å². The zero-order valence-electron chi connectivity index (χ0n) is 14.6. The van der Waals surface area contributed by atoms with E-state index in [-0.39, 0.29) is 0 Å². The third-order valence-corrected chi connectivity index (χ3v) is 4.79. The number of benzene rings is 2. The first-order valence-corrected chi connectivity index (χ1v) is 8.82. The smallest absolute Gasteiger partial charge is 0.149 e. The number of hydrazone groups is 1. The van der Waals surface area contributed by atoms with Crippen LogP contribution in [0.5, 0.6) is 0 Å². The Morgan fingerprint density at radius 1 is 0.960 bits per heavy atom. The lowest BCUT2D eigenvalue weighted by Crippen LogP contribution is -2.43. The van der Waals surface area contributed by atoms with Crippen LogP contribution in [0.4, 0.5) is 0 Å². The Bertz CT molecular complexity index is 856. The molecule has 4 heteroatoms. The Labute approximate surface area is 148 Å². The summed E-state index contributed by atoms with van der Waals surface area (Å²) in [5.41, 5.74) is 2.34. The van der Waals surface area contributed by atoms with Crippen molar-refractivity contribution in [2.75, 3.05) is 26.2 Å². The summed E-state index contributed by atoms with van der Waals surface area (Å²) < 4.78 is 5.41. The van der Waals surface area contributed by atoms with Crippen molar-refractivity contribution in [3.63, 3.8) is 0 Å². The fourth-order valence-corrected chi connectivity index (χ4v) is 3.41. The van der Waals surface area contributed by atoms with E-state index in [0.29, 0.717) is 0 Å². The third kappa shape index (κ3) is 3.59. The van der Waals surface area contributed by atoms with Crippen LogP contribution in [-0.2, 0) is 6.54 Å². The number of piperazine rings is 1. The van der Waals surface area contributed by atoms with Gasteiger partial charge in [-0.1, -0.05) is 42.5 Å². The molecule has 3 aromatic rings. The van der Waals surface area contributed by atoms with E-state index in [4.69, 9.17) is 9.52 Å². The van der Waals surface area contributed by atoms with Crippen molar-refractivity contribution in [2.24, 2.45) is 5.10 Å². The molecule has 128 valence electrons. The maximum absolute atomic E-state index is 5.41. The largest absolute Gasteiger partial charge is 0.463 e. The van der Waals surface area contributed by atoms with Crippen molar-refractivity contribution in [3.8, 4) is 0 Å². The molecule has 4 rings (SSSR count). The average molecular weight is 333 g/mol. The van der Waals surface area contributed by atoms with Crippen molar-refractivity contribution in [1.82, 2.24) is 9.91 Å². The zero-order chi connectivity index (χ0) is 17.1. The Kier molecular flexibility index (Phi) is 4.53. The minimum Gasteiger partial charge on any atom is -0.463 e. The first-order chi connectivity index (χ1) is 12.3. The highest BCUT2D eigenvalue weighted by Gasteiger charge is 2.17. The molecule has 1 aromatic heterocycles. The van der Waals surface area contributed by atoms with E-state index in [0.717, 1.165) is 44.2 Å². The van der Waals surface area contributed by atoms with Gasteiger partial charge in [-0.15, -0.1) is 0 Å². The molecule has 0 atom stereocenters. The van der Waals surface area contributed by atoms with E-state index >= 15 is 0 Å². The van der Waals surface area contributed by atoms with Crippen molar-refractivity contribution >= 4 is 16.5 Å². The van der Waals surface area contributed by atoms with E-state index in [2.05, 4.69) is 52.4 Å². The highest BCUT2D eigenvalue weighted by atomic mass is 16.3. The van der Waals surface area contributed by atoms with Crippen LogP contribution in [-0.4, -0.2) is 41.8 Å². The molecule has 2 aromatic carbocycles. The predicted octanol–water partition coefficient (Wildman–Crippen LogP) is 3.97. The predicted molar refractivity (Wildman–Crippen MR) is 102 cm³/mol. The van der Waals surface area contributed by atoms with Gasteiger partial charge in [0.15, 0.2) is 0 Å². The molecule has 0 bridgehead atoms. The second-order valence-electron chi connectivity index (χ2n) is 6.53. The normalized spacial score (nSPS) is 16.5. The summed E-state index contributed by atoms with van der Waals surface area (Å²) in [6.45, 7) is 6.94. The fraction of sp³-hybridized carbons (Fsp3) is 0.286. The molecule has 0 spiro atoms. The molecule has 0 saturated carbocycles. The maximum Gasteiger partial charge on any atom is 0.149 e. The van der Waals surface area contributed by atoms with Gasteiger partial charge in [-0.05, 0) is 35.4 Å². The number of hydrogen-bond acceptors (Lipinski definition) is 4. The van der Waals surface area contributed by atoms with Crippen LogP contribution in [0, 0.1) is 0 Å². The number of fused-ring (bicyclic) bond motifs is 1. The molecule has 1 saturated heterocycles. The summed E-state index contributed by atoms with van der Waals surface area (Å²) in [6.07, 6.45) is 1.69. The molecular formula is C21H23N3O. The van der Waals surface area contributed by atoms with Crippen LogP contribution in [0.3, 0.4) is 0 Å². The lowest BCUT2D eigenvalue weighted by Gasteiger charge is -2.33. The number of rotatable bonds is 4. The van der Waals surface area contributed by atoms with Crippen LogP contribution < -0.4 is 0 Å². The Hall–Kier alpha value is -2.59. The Morgan fingerprint density at radius 3 is 2.56 bits per heavy atom. The average Bonchev–Trinajstić information content (AvgIpc) is 3.19. The second-order valence-corrected chi connectivity index (χ2v) is 6.53. The third-order valence-electron chi connectivity index (χ3n) is 4.79. The van der Waals surface area contributed by atoms with Gasteiger partial charge >= 0.3 is 0 Å². The first-order valence-electron chi connectivity index (χ1n) is 8.82. The van der Waals surface area contributed by atoms with Crippen LogP contribution in [0.25, 0.3) is 10.8 Å². The lowest BCUT2D eigenvalue weighted by molar-refractivity contribution is 0.131. The van der Waals surface area contributed by atoms with Crippen molar-refractivity contribution in [2.45, 2.75) is 13.5 Å². The van der Waals surface area contributed by atoms with Crippen LogP contribution in [0.15, 0.2) is 70.4 Å². The minimum atomic E-state index is 0.846. The zero-order valence-corrected chi connectivity index (χ0v) is 14.6. The van der Waals surface area contributed by atoms with Gasteiger partial charge in [0, 0.05) is 32.7 Å². The quantitative estimate of drug-likeness (QED) is 0.677. The molecular weight excluding hydrogens is 310 g/mol. The molecule has 0 aliphatic carbocycles. The molecule has 25 heavy (non-hydrogen) atoms. The van der Waals surface area contributed by atoms with Gasteiger partial charge in [0.1, 0.15) is 5.76 Å². The number of hydrogen-bond donors (Lipinski definition) is 0. The number of nitrogens with zero attached hydrogens (tertiary/aromatic N) is 3. The molecule has 0 radical (unpaired) electrons. The summed E-state index contributed by atoms with van der Waals surface area (Å²) in [5.74, 6) is 0.846. The standard InChI is InChI=1S/C21H23N3O/c1-17(21-10-5-15-25-21)22-24-13-11-23(12-14-24)16-19-8-4-7-18-6-2-3-9-20(18)19/h2-10,15H,11-14,16H2,1H3/b22-17+. The summed E-state index contributed by atoms with van der Waals surface area (Å²) in [7, 11) is 0. The van der Waals surface area contributed by atoms with Crippen LogP contribution >= 0.6 is 0 Å². The van der Waals surface area contributed by atoms with Crippen molar-refractivity contribution < 1.29 is 4.42 Å². The van der Waals surface area contributed by atoms with Gasteiger partial charge < -0.3 is 4.42 Å². The molecule has 4 nitrogen and oxygen atoms in total. The van der Waals surface area contributed by atoms with E-state index in [1.54, 1.807) is 6.26 Å². The molecule has 0 N–H and O–H groups in total. The summed E-state index contributed by atoms with van der Waals surface area (Å²) in [6, 6.07) is 19.1. The first kappa shape index (κ1) is 15.9. The van der Waals surface area contributed by atoms with Gasteiger partial charge in [-0.2, -0.15) is 5.10 Å². The molecule has 1 aliphatic rings. The van der Waals surface area contributed by atoms with Gasteiger partial charge in [0.05, 0.1) is 12.0 Å². The minimum absolute atomic E-state index is 0.846. The van der Waals surface area contributed by atoms with Crippen LogP contribution in [0.2, 0.25) is 0 Å². The van der Waals surface area contributed by atoms with Gasteiger partial charge in [0.2, 0.25) is 0 Å². The lowest BCUT2D eigenvalue weighted by atomic mass is 10.0. The molecule has 1 fully saturated rings.